The minimum absolute atomic E-state index is 0.0530. The average molecular weight is 473 g/mol. The van der Waals surface area contributed by atoms with E-state index in [1.807, 2.05) is 49.1 Å². The highest BCUT2D eigenvalue weighted by atomic mass is 79.9. The summed E-state index contributed by atoms with van der Waals surface area (Å²) < 4.78 is 2.72. The van der Waals surface area contributed by atoms with Crippen molar-refractivity contribution in [1.29, 1.82) is 0 Å². The molecule has 4 rings (SSSR count). The van der Waals surface area contributed by atoms with Crippen molar-refractivity contribution in [2.45, 2.75) is 37.6 Å². The maximum atomic E-state index is 13.0. The molecule has 1 aliphatic heterocycles. The van der Waals surface area contributed by atoms with Gasteiger partial charge in [-0.15, -0.1) is 5.10 Å². The predicted octanol–water partition coefficient (Wildman–Crippen LogP) is 3.96. The zero-order valence-corrected chi connectivity index (χ0v) is 18.7. The normalized spacial score (nSPS) is 13.8. The largest absolute Gasteiger partial charge is 0.337 e. The molecule has 29 heavy (non-hydrogen) atoms. The molecular formula is C20H21BrN6OS. The molecule has 0 spiro atoms. The van der Waals surface area contributed by atoms with Crippen LogP contribution in [0.3, 0.4) is 0 Å². The summed E-state index contributed by atoms with van der Waals surface area (Å²) >= 11 is 4.95. The summed E-state index contributed by atoms with van der Waals surface area (Å²) in [5, 5.41) is 9.25. The fourth-order valence-corrected chi connectivity index (χ4v) is 4.55. The van der Waals surface area contributed by atoms with Gasteiger partial charge in [-0.2, -0.15) is 0 Å². The number of aryl methyl sites for hydroxylation is 2. The van der Waals surface area contributed by atoms with Gasteiger partial charge in [0.25, 0.3) is 5.91 Å². The van der Waals surface area contributed by atoms with Gasteiger partial charge < -0.3 is 4.90 Å². The fourth-order valence-electron chi connectivity index (χ4n) is 3.35. The number of hydrogen-bond donors (Lipinski definition) is 0. The molecule has 150 valence electrons. The van der Waals surface area contributed by atoms with Crippen LogP contribution in [0.15, 0.2) is 40.0 Å². The summed E-state index contributed by atoms with van der Waals surface area (Å²) in [7, 11) is 0. The highest BCUT2D eigenvalue weighted by Crippen LogP contribution is 2.25. The summed E-state index contributed by atoms with van der Waals surface area (Å²) in [6, 6.07) is 9.74. The number of nitrogens with zero attached hydrogens (tertiary/aromatic N) is 6. The number of carbonyl (C=O) groups excluding carboxylic acids is 1. The van der Waals surface area contributed by atoms with Crippen LogP contribution >= 0.6 is 27.7 Å². The molecule has 2 aromatic heterocycles. The van der Waals surface area contributed by atoms with E-state index < -0.39 is 0 Å². The van der Waals surface area contributed by atoms with E-state index in [-0.39, 0.29) is 5.91 Å². The number of carbonyl (C=O) groups is 1. The molecule has 0 N–H and O–H groups in total. The fraction of sp³-hybridized carbons (Fsp3) is 0.350. The molecule has 1 amide bonds. The quantitative estimate of drug-likeness (QED) is 0.413. The van der Waals surface area contributed by atoms with Crippen LogP contribution < -0.4 is 0 Å². The molecule has 0 atom stereocenters. The highest BCUT2D eigenvalue weighted by molar-refractivity contribution is 9.10. The number of hydrogen-bond acceptors (Lipinski definition) is 6. The predicted molar refractivity (Wildman–Crippen MR) is 115 cm³/mol. The van der Waals surface area contributed by atoms with Crippen molar-refractivity contribution in [1.82, 2.24) is 29.9 Å². The van der Waals surface area contributed by atoms with Gasteiger partial charge in [0.1, 0.15) is 0 Å². The third-order valence-electron chi connectivity index (χ3n) is 4.73. The Balaban J connectivity index is 1.68. The molecule has 0 aliphatic carbocycles. The van der Waals surface area contributed by atoms with Crippen molar-refractivity contribution in [3.05, 3.63) is 57.6 Å². The molecule has 3 aromatic rings. The molecule has 0 unspecified atom stereocenters. The molecule has 0 saturated carbocycles. The number of thioether (sulfide) groups is 1. The van der Waals surface area contributed by atoms with Crippen molar-refractivity contribution in [3.8, 4) is 5.69 Å². The maximum Gasteiger partial charge on any atom is 0.276 e. The highest BCUT2D eigenvalue weighted by Gasteiger charge is 2.27. The Morgan fingerprint density at radius 2 is 1.76 bits per heavy atom. The van der Waals surface area contributed by atoms with Gasteiger partial charge >= 0.3 is 0 Å². The van der Waals surface area contributed by atoms with Gasteiger partial charge in [0, 0.05) is 34.7 Å². The first-order chi connectivity index (χ1) is 14.0. The average Bonchev–Trinajstić information content (AvgIpc) is 3.36. The second-order valence-electron chi connectivity index (χ2n) is 6.99. The first-order valence-corrected chi connectivity index (χ1v) is 11.2. The van der Waals surface area contributed by atoms with E-state index in [2.05, 4.69) is 36.2 Å². The van der Waals surface area contributed by atoms with E-state index in [4.69, 9.17) is 0 Å². The first kappa shape index (κ1) is 20.0. The number of benzene rings is 1. The van der Waals surface area contributed by atoms with E-state index in [0.29, 0.717) is 16.6 Å². The lowest BCUT2D eigenvalue weighted by Crippen LogP contribution is -2.28. The van der Waals surface area contributed by atoms with Crippen LogP contribution in [0.25, 0.3) is 5.69 Å². The third-order valence-corrected chi connectivity index (χ3v) is 6.12. The minimum Gasteiger partial charge on any atom is -0.337 e. The van der Waals surface area contributed by atoms with E-state index in [1.54, 1.807) is 4.68 Å². The van der Waals surface area contributed by atoms with Crippen molar-refractivity contribution < 1.29 is 4.79 Å². The van der Waals surface area contributed by atoms with Gasteiger partial charge in [0.05, 0.1) is 11.4 Å². The van der Waals surface area contributed by atoms with Crippen LogP contribution in [0.5, 0.6) is 0 Å². The summed E-state index contributed by atoms with van der Waals surface area (Å²) in [6.45, 7) is 5.46. The van der Waals surface area contributed by atoms with Crippen molar-refractivity contribution in [2.75, 3.05) is 13.1 Å². The number of halogens is 1. The standard InChI is InChI=1S/C20H21BrN6OS/c1-13-11-14(2)23-20(22-13)29-12-17-18(19(28)26-9-3-4-10-26)24-25-27(17)16-7-5-15(21)6-8-16/h5-8,11H,3-4,9-10,12H2,1-2H3. The Kier molecular flexibility index (Phi) is 5.96. The van der Waals surface area contributed by atoms with Crippen LogP contribution in [0.1, 0.15) is 40.4 Å². The smallest absolute Gasteiger partial charge is 0.276 e. The molecule has 1 saturated heterocycles. The first-order valence-electron chi connectivity index (χ1n) is 9.46. The van der Waals surface area contributed by atoms with Crippen molar-refractivity contribution >= 4 is 33.6 Å². The number of amides is 1. The zero-order chi connectivity index (χ0) is 20.4. The minimum atomic E-state index is -0.0530. The van der Waals surface area contributed by atoms with Crippen LogP contribution in [0.4, 0.5) is 0 Å². The number of likely N-dealkylation sites (tertiary alicyclic amines) is 1. The second kappa shape index (κ2) is 8.62. The van der Waals surface area contributed by atoms with E-state index in [1.165, 1.54) is 11.8 Å². The molecule has 3 heterocycles. The van der Waals surface area contributed by atoms with Gasteiger partial charge in [-0.05, 0) is 57.0 Å². The van der Waals surface area contributed by atoms with Gasteiger partial charge in [0.2, 0.25) is 0 Å². The van der Waals surface area contributed by atoms with Crippen LogP contribution in [0, 0.1) is 13.8 Å². The van der Waals surface area contributed by atoms with E-state index in [0.717, 1.165) is 53.2 Å². The van der Waals surface area contributed by atoms with Crippen LogP contribution in [0.2, 0.25) is 0 Å². The Hall–Kier alpha value is -2.26. The maximum absolute atomic E-state index is 13.0. The number of aromatic nitrogens is 5. The number of rotatable bonds is 5. The topological polar surface area (TPSA) is 76.8 Å². The van der Waals surface area contributed by atoms with Gasteiger partial charge in [0.15, 0.2) is 10.9 Å². The van der Waals surface area contributed by atoms with Crippen LogP contribution in [-0.2, 0) is 5.75 Å². The summed E-state index contributed by atoms with van der Waals surface area (Å²) in [5.74, 6) is 0.448. The molecule has 9 heteroatoms. The summed E-state index contributed by atoms with van der Waals surface area (Å²) in [4.78, 5) is 23.9. The lowest BCUT2D eigenvalue weighted by Gasteiger charge is -2.14. The van der Waals surface area contributed by atoms with Gasteiger partial charge in [-0.3, -0.25) is 4.79 Å². The molecule has 1 aromatic carbocycles. The van der Waals surface area contributed by atoms with Crippen molar-refractivity contribution in [3.63, 3.8) is 0 Å². The Morgan fingerprint density at radius 1 is 1.10 bits per heavy atom. The molecule has 1 aliphatic rings. The second-order valence-corrected chi connectivity index (χ2v) is 8.85. The Morgan fingerprint density at radius 3 is 2.41 bits per heavy atom. The summed E-state index contributed by atoms with van der Waals surface area (Å²) in [5.41, 5.74) is 3.88. The molecule has 0 radical (unpaired) electrons. The van der Waals surface area contributed by atoms with Crippen LogP contribution in [-0.4, -0.2) is 48.9 Å². The molecule has 7 nitrogen and oxygen atoms in total. The molecule has 1 fully saturated rings. The Labute approximate surface area is 182 Å². The third kappa shape index (κ3) is 4.51. The monoisotopic (exact) mass is 472 g/mol. The molecular weight excluding hydrogens is 452 g/mol. The lowest BCUT2D eigenvalue weighted by atomic mass is 10.2. The van der Waals surface area contributed by atoms with Crippen molar-refractivity contribution in [2.24, 2.45) is 0 Å². The SMILES string of the molecule is Cc1cc(C)nc(SCc2c(C(=O)N3CCCC3)nnn2-c2ccc(Br)cc2)n1. The zero-order valence-electron chi connectivity index (χ0n) is 16.3. The Bertz CT molecular complexity index is 1010. The van der Waals surface area contributed by atoms with Gasteiger partial charge in [-0.1, -0.05) is 32.9 Å². The van der Waals surface area contributed by atoms with E-state index in [9.17, 15) is 4.79 Å². The van der Waals surface area contributed by atoms with E-state index >= 15 is 0 Å². The summed E-state index contributed by atoms with van der Waals surface area (Å²) in [6.07, 6.45) is 2.07. The molecule has 0 bridgehead atoms. The lowest BCUT2D eigenvalue weighted by molar-refractivity contribution is 0.0786. The van der Waals surface area contributed by atoms with Gasteiger partial charge in [-0.25, -0.2) is 14.6 Å².